The third-order valence-corrected chi connectivity index (χ3v) is 1.84. The Bertz CT molecular complexity index is 546. The summed E-state index contributed by atoms with van der Waals surface area (Å²) in [5.74, 6) is 0. The van der Waals surface area contributed by atoms with Crippen LogP contribution in [0.2, 0.25) is 0 Å². The second-order valence-corrected chi connectivity index (χ2v) is 2.86. The zero-order valence-corrected chi connectivity index (χ0v) is 8.21. The highest BCUT2D eigenvalue weighted by atomic mass is 16.7. The van der Waals surface area contributed by atoms with E-state index < -0.39 is 42.4 Å². The van der Waals surface area contributed by atoms with Gasteiger partial charge in [-0.2, -0.15) is 0 Å². The molecule has 94 valence electrons. The van der Waals surface area contributed by atoms with E-state index in [1.165, 1.54) is 0 Å². The molecule has 0 aromatic heterocycles. The van der Waals surface area contributed by atoms with Crippen molar-refractivity contribution in [2.75, 3.05) is 0 Å². The second kappa shape index (κ2) is 4.36. The van der Waals surface area contributed by atoms with Crippen LogP contribution in [0.1, 0.15) is 0 Å². The molecule has 0 amide bonds. The number of nitrogens with zero attached hydrogens (tertiary/aromatic N) is 4. The molecule has 0 heterocycles. The first-order valence-corrected chi connectivity index (χ1v) is 4.01. The van der Waals surface area contributed by atoms with Crippen molar-refractivity contribution >= 4 is 22.7 Å². The van der Waals surface area contributed by atoms with Gasteiger partial charge in [-0.3, -0.25) is 40.5 Å². The summed E-state index contributed by atoms with van der Waals surface area (Å²) in [4.78, 5) is 37.0. The fraction of sp³-hybridized carbons (Fsp3) is 0. The summed E-state index contributed by atoms with van der Waals surface area (Å²) in [6, 6.07) is 0.594. The number of nitro groups is 4. The van der Waals surface area contributed by atoms with E-state index in [2.05, 4.69) is 0 Å². The van der Waals surface area contributed by atoms with Crippen molar-refractivity contribution in [2.45, 2.75) is 0 Å². The SMILES string of the molecule is O=[N+]([O-])c1cc([N+](=O)[O-])c([N+](=O)[O-])c([N+](=O)[O-])c1. The molecule has 0 fully saturated rings. The fourth-order valence-electron chi connectivity index (χ4n) is 1.16. The summed E-state index contributed by atoms with van der Waals surface area (Å²) >= 11 is 0. The quantitative estimate of drug-likeness (QED) is 0.573. The number of rotatable bonds is 4. The van der Waals surface area contributed by atoms with E-state index in [4.69, 9.17) is 0 Å². The van der Waals surface area contributed by atoms with Gasteiger partial charge in [0, 0.05) is 0 Å². The van der Waals surface area contributed by atoms with Crippen LogP contribution in [-0.4, -0.2) is 19.7 Å². The summed E-state index contributed by atoms with van der Waals surface area (Å²) in [6.45, 7) is 0. The molecule has 1 aromatic rings. The lowest BCUT2D eigenvalue weighted by molar-refractivity contribution is -0.443. The highest BCUT2D eigenvalue weighted by Gasteiger charge is 2.39. The minimum Gasteiger partial charge on any atom is -0.258 e. The number of non-ortho nitro benzene ring substituents is 1. The molecule has 0 bridgehead atoms. The van der Waals surface area contributed by atoms with Crippen LogP contribution in [0.25, 0.3) is 0 Å². The van der Waals surface area contributed by atoms with Crippen LogP contribution in [0.15, 0.2) is 12.1 Å². The van der Waals surface area contributed by atoms with Gasteiger partial charge in [0.05, 0.1) is 19.7 Å². The Labute approximate surface area is 96.0 Å². The highest BCUT2D eigenvalue weighted by molar-refractivity contribution is 5.70. The molecule has 0 aliphatic rings. The van der Waals surface area contributed by atoms with Crippen molar-refractivity contribution in [1.82, 2.24) is 0 Å². The Morgan fingerprint density at radius 1 is 0.667 bits per heavy atom. The molecule has 0 unspecified atom stereocenters. The fourth-order valence-corrected chi connectivity index (χ4v) is 1.16. The van der Waals surface area contributed by atoms with Gasteiger partial charge >= 0.3 is 17.1 Å². The van der Waals surface area contributed by atoms with Crippen LogP contribution in [0, 0.1) is 40.5 Å². The number of benzene rings is 1. The zero-order chi connectivity index (χ0) is 14.0. The van der Waals surface area contributed by atoms with E-state index in [9.17, 15) is 40.5 Å². The van der Waals surface area contributed by atoms with Crippen molar-refractivity contribution in [3.63, 3.8) is 0 Å². The van der Waals surface area contributed by atoms with Gasteiger partial charge in [-0.15, -0.1) is 0 Å². The molecule has 0 atom stereocenters. The van der Waals surface area contributed by atoms with Gasteiger partial charge in [0.2, 0.25) is 0 Å². The molecule has 0 N–H and O–H groups in total. The van der Waals surface area contributed by atoms with Crippen LogP contribution in [0.5, 0.6) is 0 Å². The van der Waals surface area contributed by atoms with Crippen molar-refractivity contribution in [3.8, 4) is 0 Å². The largest absolute Gasteiger partial charge is 0.422 e. The average molecular weight is 258 g/mol. The van der Waals surface area contributed by atoms with Crippen LogP contribution >= 0.6 is 0 Å². The summed E-state index contributed by atoms with van der Waals surface area (Å²) in [7, 11) is 0. The van der Waals surface area contributed by atoms with E-state index in [-0.39, 0.29) is 0 Å². The van der Waals surface area contributed by atoms with Gasteiger partial charge < -0.3 is 0 Å². The topological polar surface area (TPSA) is 173 Å². The predicted molar refractivity (Wildman–Crippen MR) is 53.1 cm³/mol. The molecule has 12 nitrogen and oxygen atoms in total. The van der Waals surface area contributed by atoms with Gasteiger partial charge in [0.1, 0.15) is 12.1 Å². The number of hydrogen-bond acceptors (Lipinski definition) is 8. The first-order chi connectivity index (χ1) is 8.25. The van der Waals surface area contributed by atoms with Gasteiger partial charge in [-0.05, 0) is 0 Å². The number of nitro benzene ring substituents is 4. The first-order valence-electron chi connectivity index (χ1n) is 4.01. The Balaban J connectivity index is 3.76. The second-order valence-electron chi connectivity index (χ2n) is 2.86. The molecular formula is C6H2N4O8. The maximum atomic E-state index is 10.6. The molecule has 1 aromatic carbocycles. The van der Waals surface area contributed by atoms with Crippen molar-refractivity contribution in [3.05, 3.63) is 52.6 Å². The maximum absolute atomic E-state index is 10.6. The standard InChI is InChI=1S/C6H2N4O8/c11-7(12)3-1-4(8(13)14)6(10(17)18)5(2-3)9(15)16/h1-2H. The third kappa shape index (κ3) is 2.16. The lowest BCUT2D eigenvalue weighted by atomic mass is 10.2. The molecule has 0 aliphatic heterocycles. The Hall–Kier alpha value is -3.18. The molecule has 0 radical (unpaired) electrons. The van der Waals surface area contributed by atoms with E-state index in [0.717, 1.165) is 0 Å². The smallest absolute Gasteiger partial charge is 0.258 e. The molecule has 0 spiro atoms. The Morgan fingerprint density at radius 3 is 1.28 bits per heavy atom. The predicted octanol–water partition coefficient (Wildman–Crippen LogP) is 1.32. The van der Waals surface area contributed by atoms with Crippen LogP contribution in [0.3, 0.4) is 0 Å². The minimum atomic E-state index is -1.39. The van der Waals surface area contributed by atoms with E-state index in [1.54, 1.807) is 0 Å². The van der Waals surface area contributed by atoms with Crippen LogP contribution in [-0.2, 0) is 0 Å². The van der Waals surface area contributed by atoms with Crippen LogP contribution < -0.4 is 0 Å². The normalized spacial score (nSPS) is 9.78. The van der Waals surface area contributed by atoms with Gasteiger partial charge in [-0.1, -0.05) is 0 Å². The summed E-state index contributed by atoms with van der Waals surface area (Å²) < 4.78 is 0. The molecule has 1 rings (SSSR count). The molecule has 0 saturated heterocycles. The average Bonchev–Trinajstić information content (AvgIpc) is 2.26. The zero-order valence-electron chi connectivity index (χ0n) is 8.21. The monoisotopic (exact) mass is 258 g/mol. The van der Waals surface area contributed by atoms with Gasteiger partial charge in [0.15, 0.2) is 0 Å². The molecule has 0 saturated carbocycles. The molecule has 18 heavy (non-hydrogen) atoms. The van der Waals surface area contributed by atoms with E-state index in [1.807, 2.05) is 0 Å². The van der Waals surface area contributed by atoms with E-state index in [0.29, 0.717) is 12.1 Å². The Kier molecular flexibility index (Phi) is 3.12. The molecule has 0 aliphatic carbocycles. The van der Waals surface area contributed by atoms with E-state index >= 15 is 0 Å². The maximum Gasteiger partial charge on any atom is 0.422 e. The summed E-state index contributed by atoms with van der Waals surface area (Å²) in [5.41, 5.74) is -4.98. The van der Waals surface area contributed by atoms with Gasteiger partial charge in [0.25, 0.3) is 5.69 Å². The molecular weight excluding hydrogens is 256 g/mol. The summed E-state index contributed by atoms with van der Waals surface area (Å²) in [6.07, 6.45) is 0. The van der Waals surface area contributed by atoms with Crippen molar-refractivity contribution in [1.29, 1.82) is 0 Å². The number of hydrogen-bond donors (Lipinski definition) is 0. The van der Waals surface area contributed by atoms with Crippen molar-refractivity contribution in [2.24, 2.45) is 0 Å². The highest BCUT2D eigenvalue weighted by Crippen LogP contribution is 2.39. The van der Waals surface area contributed by atoms with Crippen LogP contribution in [0.4, 0.5) is 22.7 Å². The molecule has 12 heteroatoms. The lowest BCUT2D eigenvalue weighted by Gasteiger charge is -1.97. The van der Waals surface area contributed by atoms with Crippen molar-refractivity contribution < 1.29 is 19.7 Å². The third-order valence-electron chi connectivity index (χ3n) is 1.84. The Morgan fingerprint density at radius 2 is 1.06 bits per heavy atom. The minimum absolute atomic E-state index is 0.297. The van der Waals surface area contributed by atoms with Gasteiger partial charge in [-0.25, -0.2) is 0 Å². The lowest BCUT2D eigenvalue weighted by Crippen LogP contribution is -2.03. The first kappa shape index (κ1) is 12.9. The summed E-state index contributed by atoms with van der Waals surface area (Å²) in [5, 5.41) is 42.0.